The van der Waals surface area contributed by atoms with Gasteiger partial charge in [0.25, 0.3) is 5.56 Å². The van der Waals surface area contributed by atoms with Gasteiger partial charge in [-0.05, 0) is 75.5 Å². The van der Waals surface area contributed by atoms with Crippen LogP contribution in [0.25, 0.3) is 11.8 Å². The van der Waals surface area contributed by atoms with Gasteiger partial charge < -0.3 is 4.90 Å². The lowest BCUT2D eigenvalue weighted by molar-refractivity contribution is 0.302. The van der Waals surface area contributed by atoms with Crippen molar-refractivity contribution >= 4 is 18.7 Å². The molecule has 0 saturated heterocycles. The van der Waals surface area contributed by atoms with Crippen LogP contribution in [-0.4, -0.2) is 35.1 Å². The molecule has 142 valence electrons. The third-order valence-electron chi connectivity index (χ3n) is 4.96. The van der Waals surface area contributed by atoms with E-state index in [9.17, 15) is 4.79 Å². The summed E-state index contributed by atoms with van der Waals surface area (Å²) >= 11 is 4.40. The largest absolute Gasteiger partial charge is 0.309 e. The van der Waals surface area contributed by atoms with Gasteiger partial charge in [-0.25, -0.2) is 4.98 Å². The highest BCUT2D eigenvalue weighted by molar-refractivity contribution is 7.80. The van der Waals surface area contributed by atoms with E-state index >= 15 is 0 Å². The van der Waals surface area contributed by atoms with Gasteiger partial charge >= 0.3 is 0 Å². The van der Waals surface area contributed by atoms with Crippen LogP contribution in [-0.2, 0) is 12.8 Å². The summed E-state index contributed by atoms with van der Waals surface area (Å²) in [6, 6.07) is 6.31. The molecule has 1 heterocycles. The van der Waals surface area contributed by atoms with Crippen molar-refractivity contribution < 1.29 is 0 Å². The third kappa shape index (κ3) is 4.60. The van der Waals surface area contributed by atoms with Gasteiger partial charge in [0, 0.05) is 6.54 Å². The predicted molar refractivity (Wildman–Crippen MR) is 115 cm³/mol. The molecule has 0 fully saturated rings. The SMILES string of the molecule is C/C=C/C=C/c1ncn(-c2ccc3c(c2)CCC(CN(C)C)C3)c(=O)c1S. The molecule has 1 aromatic carbocycles. The van der Waals surface area contributed by atoms with Crippen molar-refractivity contribution in [1.82, 2.24) is 14.5 Å². The number of aryl methyl sites for hydroxylation is 1. The van der Waals surface area contributed by atoms with Gasteiger partial charge in [-0.1, -0.05) is 24.3 Å². The second-order valence-electron chi connectivity index (χ2n) is 7.36. The number of nitrogens with zero attached hydrogens (tertiary/aromatic N) is 3. The molecule has 0 saturated carbocycles. The van der Waals surface area contributed by atoms with Gasteiger partial charge in [-0.2, -0.15) is 0 Å². The number of fused-ring (bicyclic) bond motifs is 1. The van der Waals surface area contributed by atoms with Crippen molar-refractivity contribution in [1.29, 1.82) is 0 Å². The van der Waals surface area contributed by atoms with Crippen LogP contribution in [0.4, 0.5) is 0 Å². The first-order valence-corrected chi connectivity index (χ1v) is 9.81. The summed E-state index contributed by atoms with van der Waals surface area (Å²) in [5.41, 5.74) is 4.04. The Kier molecular flexibility index (Phi) is 6.34. The van der Waals surface area contributed by atoms with Crippen LogP contribution in [0.1, 0.15) is 30.2 Å². The zero-order valence-corrected chi connectivity index (χ0v) is 17.1. The minimum Gasteiger partial charge on any atom is -0.309 e. The predicted octanol–water partition coefficient (Wildman–Crippen LogP) is 3.78. The molecule has 4 nitrogen and oxygen atoms in total. The normalized spacial score (nSPS) is 17.1. The molecule has 2 aromatic rings. The zero-order chi connectivity index (χ0) is 19.4. The molecule has 27 heavy (non-hydrogen) atoms. The first-order chi connectivity index (χ1) is 13.0. The highest BCUT2D eigenvalue weighted by Crippen LogP contribution is 2.27. The molecule has 0 spiro atoms. The Balaban J connectivity index is 1.88. The number of thiol groups is 1. The maximum atomic E-state index is 12.8. The Hall–Kier alpha value is -2.11. The zero-order valence-electron chi connectivity index (χ0n) is 16.2. The number of rotatable bonds is 5. The third-order valence-corrected chi connectivity index (χ3v) is 5.38. The Morgan fingerprint density at radius 1 is 1.30 bits per heavy atom. The van der Waals surface area contributed by atoms with E-state index in [2.05, 4.69) is 48.7 Å². The van der Waals surface area contributed by atoms with E-state index in [0.717, 1.165) is 25.1 Å². The van der Waals surface area contributed by atoms with E-state index < -0.39 is 0 Å². The van der Waals surface area contributed by atoms with Crippen molar-refractivity contribution in [3.05, 3.63) is 69.9 Å². The van der Waals surface area contributed by atoms with Crippen molar-refractivity contribution in [3.63, 3.8) is 0 Å². The molecule has 1 aromatic heterocycles. The van der Waals surface area contributed by atoms with Gasteiger partial charge in [0.05, 0.1) is 16.3 Å². The van der Waals surface area contributed by atoms with Crippen LogP contribution in [0.15, 0.2) is 52.4 Å². The Labute approximate surface area is 166 Å². The Morgan fingerprint density at radius 3 is 2.85 bits per heavy atom. The standard InChI is InChI=1S/C22H27N3OS/c1-4-5-6-7-20-21(27)22(26)25(15-23-20)19-11-10-17-12-16(14-24(2)3)8-9-18(17)13-19/h4-7,10-11,13,15-16,27H,8-9,12,14H2,1-3H3/b5-4+,7-6+. The molecular formula is C22H27N3OS. The first kappa shape index (κ1) is 19.6. The van der Waals surface area contributed by atoms with Crippen LogP contribution >= 0.6 is 12.6 Å². The minimum absolute atomic E-state index is 0.144. The monoisotopic (exact) mass is 381 g/mol. The average Bonchev–Trinajstić information content (AvgIpc) is 2.64. The smallest absolute Gasteiger partial charge is 0.271 e. The fourth-order valence-corrected chi connectivity index (χ4v) is 3.90. The fourth-order valence-electron chi connectivity index (χ4n) is 3.66. The molecule has 0 N–H and O–H groups in total. The molecule has 1 aliphatic carbocycles. The lowest BCUT2D eigenvalue weighted by atomic mass is 9.83. The van der Waals surface area contributed by atoms with E-state index in [1.807, 2.05) is 31.2 Å². The van der Waals surface area contributed by atoms with E-state index in [1.165, 1.54) is 17.5 Å². The number of allylic oxidation sites excluding steroid dienone is 3. The lowest BCUT2D eigenvalue weighted by Crippen LogP contribution is -2.27. The molecule has 0 radical (unpaired) electrons. The van der Waals surface area contributed by atoms with Gasteiger partial charge in [0.1, 0.15) is 6.33 Å². The van der Waals surface area contributed by atoms with Gasteiger partial charge in [0.2, 0.25) is 0 Å². The molecule has 0 amide bonds. The quantitative estimate of drug-likeness (QED) is 0.633. The molecule has 1 atom stereocenters. The molecule has 1 unspecified atom stereocenters. The maximum absolute atomic E-state index is 12.8. The van der Waals surface area contributed by atoms with E-state index in [4.69, 9.17) is 0 Å². The van der Waals surface area contributed by atoms with Crippen molar-refractivity contribution in [2.75, 3.05) is 20.6 Å². The van der Waals surface area contributed by atoms with Crippen molar-refractivity contribution in [2.45, 2.75) is 31.1 Å². The van der Waals surface area contributed by atoms with Gasteiger partial charge in [-0.3, -0.25) is 9.36 Å². The van der Waals surface area contributed by atoms with Gasteiger partial charge in [0.15, 0.2) is 0 Å². The molecule has 3 rings (SSSR count). The molecule has 5 heteroatoms. The maximum Gasteiger partial charge on any atom is 0.271 e. The molecule has 0 bridgehead atoms. The Bertz CT molecular complexity index is 928. The second kappa shape index (κ2) is 8.72. The number of hydrogen-bond acceptors (Lipinski definition) is 4. The van der Waals surface area contributed by atoms with E-state index in [0.29, 0.717) is 16.5 Å². The van der Waals surface area contributed by atoms with Crippen LogP contribution in [0, 0.1) is 5.92 Å². The van der Waals surface area contributed by atoms with Gasteiger partial charge in [-0.15, -0.1) is 12.6 Å². The minimum atomic E-state index is -0.144. The topological polar surface area (TPSA) is 38.1 Å². The van der Waals surface area contributed by atoms with Crippen molar-refractivity contribution in [2.24, 2.45) is 5.92 Å². The fraction of sp³-hybridized carbons (Fsp3) is 0.364. The molecule has 0 aliphatic heterocycles. The Morgan fingerprint density at radius 2 is 2.11 bits per heavy atom. The van der Waals surface area contributed by atoms with Crippen LogP contribution in [0.5, 0.6) is 0 Å². The second-order valence-corrected chi connectivity index (χ2v) is 7.81. The summed E-state index contributed by atoms with van der Waals surface area (Å²) in [6.07, 6.45) is 12.4. The lowest BCUT2D eigenvalue weighted by Gasteiger charge is -2.27. The number of hydrogen-bond donors (Lipinski definition) is 1. The molecule has 1 aliphatic rings. The first-order valence-electron chi connectivity index (χ1n) is 9.36. The summed E-state index contributed by atoms with van der Waals surface area (Å²) in [4.78, 5) is 19.8. The van der Waals surface area contributed by atoms with Crippen LogP contribution < -0.4 is 5.56 Å². The van der Waals surface area contributed by atoms with E-state index in [-0.39, 0.29) is 5.56 Å². The van der Waals surface area contributed by atoms with Crippen LogP contribution in [0.2, 0.25) is 0 Å². The highest BCUT2D eigenvalue weighted by Gasteiger charge is 2.20. The summed E-state index contributed by atoms with van der Waals surface area (Å²) in [6.45, 7) is 3.06. The van der Waals surface area contributed by atoms with E-state index in [1.54, 1.807) is 17.0 Å². The average molecular weight is 382 g/mol. The van der Waals surface area contributed by atoms with Crippen LogP contribution in [0.3, 0.4) is 0 Å². The summed E-state index contributed by atoms with van der Waals surface area (Å²) in [7, 11) is 4.26. The summed E-state index contributed by atoms with van der Waals surface area (Å²) in [5.74, 6) is 0.704. The van der Waals surface area contributed by atoms with Crippen molar-refractivity contribution in [3.8, 4) is 5.69 Å². The summed E-state index contributed by atoms with van der Waals surface area (Å²) in [5, 5.41) is 0. The summed E-state index contributed by atoms with van der Waals surface area (Å²) < 4.78 is 1.58. The number of benzene rings is 1. The number of aromatic nitrogens is 2. The highest BCUT2D eigenvalue weighted by atomic mass is 32.1. The molecular weight excluding hydrogens is 354 g/mol.